The Morgan fingerprint density at radius 3 is 2.22 bits per heavy atom. The quantitative estimate of drug-likeness (QED) is 0.275. The van der Waals surface area contributed by atoms with E-state index in [1.165, 1.54) is 18.4 Å². The summed E-state index contributed by atoms with van der Waals surface area (Å²) in [5, 5.41) is 1.95. The van der Waals surface area contributed by atoms with Crippen molar-refractivity contribution in [2.45, 2.75) is 31.0 Å². The predicted molar refractivity (Wildman–Crippen MR) is 158 cm³/mol. The number of esters is 2. The summed E-state index contributed by atoms with van der Waals surface area (Å²) in [6, 6.07) is 28.9. The van der Waals surface area contributed by atoms with E-state index >= 15 is 4.79 Å². The summed E-state index contributed by atoms with van der Waals surface area (Å²) < 4.78 is 11.0. The van der Waals surface area contributed by atoms with Crippen LogP contribution in [0.1, 0.15) is 29.0 Å². The van der Waals surface area contributed by atoms with Crippen LogP contribution in [0.3, 0.4) is 0 Å². The van der Waals surface area contributed by atoms with Gasteiger partial charge in [-0.2, -0.15) is 0 Å². The molecule has 41 heavy (non-hydrogen) atoms. The van der Waals surface area contributed by atoms with Crippen molar-refractivity contribution < 1.29 is 23.9 Å². The molecule has 6 rings (SSSR count). The molecular weight excluding hydrogens is 536 g/mol. The van der Waals surface area contributed by atoms with Crippen molar-refractivity contribution in [2.24, 2.45) is 5.92 Å². The highest BCUT2D eigenvalue weighted by molar-refractivity contribution is 7.10. The zero-order valence-electron chi connectivity index (χ0n) is 22.8. The highest BCUT2D eigenvalue weighted by Gasteiger charge is 2.73. The van der Waals surface area contributed by atoms with Crippen LogP contribution in [0.5, 0.6) is 0 Å². The Kier molecular flexibility index (Phi) is 7.09. The molecular formula is C33H30N2O5S. The molecule has 8 heteroatoms. The first-order valence-corrected chi connectivity index (χ1v) is 14.5. The van der Waals surface area contributed by atoms with Crippen molar-refractivity contribution in [3.8, 4) is 0 Å². The lowest BCUT2D eigenvalue weighted by atomic mass is 9.66. The third-order valence-electron chi connectivity index (χ3n) is 8.09. The minimum Gasteiger partial charge on any atom is -0.469 e. The van der Waals surface area contributed by atoms with Gasteiger partial charge in [-0.25, -0.2) is 4.79 Å². The van der Waals surface area contributed by atoms with Crippen molar-refractivity contribution in [3.05, 3.63) is 118 Å². The third kappa shape index (κ3) is 4.13. The minimum atomic E-state index is -1.46. The van der Waals surface area contributed by atoms with Gasteiger partial charge in [0.05, 0.1) is 26.3 Å². The standard InChI is InChI=1S/C33H30N2O5S/c1-3-40-31(37)28-27(30(36)39-2)33(29(26-19-12-20-41-26)35(28)23-15-8-5-9-16-23)24-17-10-11-18-25(24)34(32(33)38)21-22-13-6-4-7-14-22/h4-20,27-29H,3,21H2,1-2H3/t27-,28-,29-,33+/m0/s1. The lowest BCUT2D eigenvalue weighted by Crippen LogP contribution is -2.51. The number of fused-ring (bicyclic) bond motifs is 2. The van der Waals surface area contributed by atoms with Gasteiger partial charge in [-0.05, 0) is 47.7 Å². The van der Waals surface area contributed by atoms with Crippen LogP contribution < -0.4 is 9.80 Å². The van der Waals surface area contributed by atoms with E-state index in [1.807, 2.05) is 107 Å². The molecule has 0 radical (unpaired) electrons. The van der Waals surface area contributed by atoms with Crippen LogP contribution in [0.25, 0.3) is 0 Å². The number of para-hydroxylation sites is 2. The summed E-state index contributed by atoms with van der Waals surface area (Å²) in [5.74, 6) is -2.62. The summed E-state index contributed by atoms with van der Waals surface area (Å²) in [4.78, 5) is 47.6. The van der Waals surface area contributed by atoms with E-state index in [-0.39, 0.29) is 12.5 Å². The van der Waals surface area contributed by atoms with Crippen LogP contribution in [-0.2, 0) is 35.8 Å². The number of ether oxygens (including phenoxy) is 2. The number of thiophene rings is 1. The molecule has 1 saturated heterocycles. The smallest absolute Gasteiger partial charge is 0.329 e. The molecule has 0 unspecified atom stereocenters. The predicted octanol–water partition coefficient (Wildman–Crippen LogP) is 5.52. The molecule has 4 atom stereocenters. The van der Waals surface area contributed by atoms with E-state index in [4.69, 9.17) is 9.47 Å². The third-order valence-corrected chi connectivity index (χ3v) is 9.01. The van der Waals surface area contributed by atoms with E-state index in [2.05, 4.69) is 0 Å². The lowest BCUT2D eigenvalue weighted by Gasteiger charge is -2.36. The van der Waals surface area contributed by atoms with Crippen LogP contribution in [0, 0.1) is 5.92 Å². The van der Waals surface area contributed by atoms with Gasteiger partial charge >= 0.3 is 11.9 Å². The van der Waals surface area contributed by atoms with Gasteiger partial charge in [-0.1, -0.05) is 72.8 Å². The van der Waals surface area contributed by atoms with E-state index in [0.717, 1.165) is 10.4 Å². The molecule has 1 spiro atoms. The molecule has 4 aromatic rings. The fourth-order valence-corrected chi connectivity index (χ4v) is 7.49. The zero-order chi connectivity index (χ0) is 28.6. The van der Waals surface area contributed by atoms with Gasteiger partial charge in [-0.3, -0.25) is 9.59 Å². The maximum atomic E-state index is 15.2. The monoisotopic (exact) mass is 566 g/mol. The summed E-state index contributed by atoms with van der Waals surface area (Å²) in [5.41, 5.74) is 1.62. The van der Waals surface area contributed by atoms with Crippen LogP contribution in [0.4, 0.5) is 11.4 Å². The average Bonchev–Trinajstić information content (AvgIpc) is 3.70. The van der Waals surface area contributed by atoms with Crippen molar-refractivity contribution in [3.63, 3.8) is 0 Å². The maximum absolute atomic E-state index is 15.2. The topological polar surface area (TPSA) is 76.2 Å². The van der Waals surface area contributed by atoms with Gasteiger partial charge in [0.2, 0.25) is 5.91 Å². The number of benzene rings is 3. The van der Waals surface area contributed by atoms with Gasteiger partial charge in [0.25, 0.3) is 0 Å². The molecule has 1 aromatic heterocycles. The second-order valence-electron chi connectivity index (χ2n) is 10.1. The Morgan fingerprint density at radius 2 is 1.56 bits per heavy atom. The van der Waals surface area contributed by atoms with Crippen LogP contribution in [-0.4, -0.2) is 37.6 Å². The molecule has 3 heterocycles. The second kappa shape index (κ2) is 10.9. The number of hydrogen-bond acceptors (Lipinski definition) is 7. The Morgan fingerprint density at radius 1 is 0.878 bits per heavy atom. The molecule has 0 bridgehead atoms. The first kappa shape index (κ1) is 26.8. The van der Waals surface area contributed by atoms with Crippen LogP contribution in [0.2, 0.25) is 0 Å². The van der Waals surface area contributed by atoms with Gasteiger partial charge < -0.3 is 19.3 Å². The number of amides is 1. The largest absolute Gasteiger partial charge is 0.469 e. The maximum Gasteiger partial charge on any atom is 0.329 e. The Balaban J connectivity index is 1.67. The molecule has 2 aliphatic heterocycles. The molecule has 1 amide bonds. The summed E-state index contributed by atoms with van der Waals surface area (Å²) >= 11 is 1.49. The van der Waals surface area contributed by atoms with Crippen molar-refractivity contribution in [1.29, 1.82) is 0 Å². The van der Waals surface area contributed by atoms with Crippen molar-refractivity contribution in [1.82, 2.24) is 0 Å². The van der Waals surface area contributed by atoms with Gasteiger partial charge in [0, 0.05) is 16.3 Å². The van der Waals surface area contributed by atoms with Crippen molar-refractivity contribution >= 4 is 40.6 Å². The van der Waals surface area contributed by atoms with E-state index in [9.17, 15) is 9.59 Å². The molecule has 0 aliphatic carbocycles. The molecule has 0 N–H and O–H groups in total. The van der Waals surface area contributed by atoms with Gasteiger partial charge in [0.15, 0.2) is 0 Å². The summed E-state index contributed by atoms with van der Waals surface area (Å²) in [6.07, 6.45) is 0. The number of carbonyl (C=O) groups excluding carboxylic acids is 3. The minimum absolute atomic E-state index is 0.132. The molecule has 2 aliphatic rings. The van der Waals surface area contributed by atoms with Crippen molar-refractivity contribution in [2.75, 3.05) is 23.5 Å². The van der Waals surface area contributed by atoms with E-state index in [1.54, 1.807) is 11.8 Å². The highest BCUT2D eigenvalue weighted by atomic mass is 32.1. The number of rotatable bonds is 7. The van der Waals surface area contributed by atoms with Gasteiger partial charge in [0.1, 0.15) is 17.4 Å². The summed E-state index contributed by atoms with van der Waals surface area (Å²) in [6.45, 7) is 2.18. The fraction of sp³-hybridized carbons (Fsp3) is 0.242. The van der Waals surface area contributed by atoms with Gasteiger partial charge in [-0.15, -0.1) is 11.3 Å². The van der Waals surface area contributed by atoms with Crippen LogP contribution >= 0.6 is 11.3 Å². The molecule has 3 aromatic carbocycles. The number of carbonyl (C=O) groups is 3. The molecule has 1 fully saturated rings. The SMILES string of the molecule is CCOC(=O)[C@@H]1[C@@H](C(=O)OC)[C@@]2(C(=O)N(Cc3ccccc3)c3ccccc32)[C@H](c2cccs2)N1c1ccccc1. The number of nitrogens with zero attached hydrogens (tertiary/aromatic N) is 2. The number of hydrogen-bond donors (Lipinski definition) is 0. The fourth-order valence-electron chi connectivity index (χ4n) is 6.59. The first-order chi connectivity index (χ1) is 20.0. The number of methoxy groups -OCH3 is 1. The van der Waals surface area contributed by atoms with E-state index < -0.39 is 35.4 Å². The number of anilines is 2. The second-order valence-corrected chi connectivity index (χ2v) is 11.1. The molecule has 0 saturated carbocycles. The van der Waals surface area contributed by atoms with E-state index in [0.29, 0.717) is 23.5 Å². The lowest BCUT2D eigenvalue weighted by molar-refractivity contribution is -0.157. The Bertz CT molecular complexity index is 1560. The highest BCUT2D eigenvalue weighted by Crippen LogP contribution is 2.63. The summed E-state index contributed by atoms with van der Waals surface area (Å²) in [7, 11) is 1.30. The molecule has 7 nitrogen and oxygen atoms in total. The average molecular weight is 567 g/mol. The first-order valence-electron chi connectivity index (χ1n) is 13.6. The van der Waals surface area contributed by atoms with Crippen LogP contribution in [0.15, 0.2) is 102 Å². The Hall–Kier alpha value is -4.43. The normalized spacial score (nSPS) is 23.1. The Labute approximate surface area is 242 Å². The molecule has 208 valence electrons. The zero-order valence-corrected chi connectivity index (χ0v) is 23.6.